The number of nitrogens with zero attached hydrogens (tertiary/aromatic N) is 1. The fourth-order valence-electron chi connectivity index (χ4n) is 4.36. The minimum atomic E-state index is -0.429. The van der Waals surface area contributed by atoms with Gasteiger partial charge in [-0.1, -0.05) is 54.6 Å². The van der Waals surface area contributed by atoms with Gasteiger partial charge in [0, 0.05) is 17.8 Å². The van der Waals surface area contributed by atoms with Crippen LogP contribution in [0.5, 0.6) is 0 Å². The number of amides is 1. The predicted molar refractivity (Wildman–Crippen MR) is 105 cm³/mol. The zero-order valence-electron chi connectivity index (χ0n) is 14.5. The molecule has 1 aliphatic carbocycles. The third-order valence-corrected chi connectivity index (χ3v) is 5.58. The second-order valence-electron chi connectivity index (χ2n) is 7.12. The fourth-order valence-corrected chi connectivity index (χ4v) is 4.36. The second kappa shape index (κ2) is 5.73. The summed E-state index contributed by atoms with van der Waals surface area (Å²) in [7, 11) is 0. The number of hydrogen-bond donors (Lipinski definition) is 1. The van der Waals surface area contributed by atoms with Crippen molar-refractivity contribution >= 4 is 17.3 Å². The summed E-state index contributed by atoms with van der Waals surface area (Å²) in [5.74, 6) is 0.0740. The SMILES string of the molecule is O=C1c2ccccc2N[C@@]2(CCc3ccccc3C2)N1c1ccccc1. The Morgan fingerprint density at radius 3 is 2.35 bits per heavy atom. The summed E-state index contributed by atoms with van der Waals surface area (Å²) in [5.41, 5.74) is 4.89. The zero-order chi connectivity index (χ0) is 17.6. The number of rotatable bonds is 1. The second-order valence-corrected chi connectivity index (χ2v) is 7.12. The molecule has 1 heterocycles. The van der Waals surface area contributed by atoms with Crippen LogP contribution in [0.1, 0.15) is 27.9 Å². The van der Waals surface area contributed by atoms with Gasteiger partial charge in [0.15, 0.2) is 0 Å². The summed E-state index contributed by atoms with van der Waals surface area (Å²) in [4.78, 5) is 15.5. The van der Waals surface area contributed by atoms with Crippen molar-refractivity contribution in [1.82, 2.24) is 0 Å². The van der Waals surface area contributed by atoms with Gasteiger partial charge in [0.05, 0.1) is 5.56 Å². The number of carbonyl (C=O) groups excluding carboxylic acids is 1. The predicted octanol–water partition coefficient (Wildman–Crippen LogP) is 4.64. The third-order valence-electron chi connectivity index (χ3n) is 5.58. The van der Waals surface area contributed by atoms with Crippen LogP contribution in [0, 0.1) is 0 Å². The molecule has 3 heteroatoms. The molecule has 3 aromatic carbocycles. The molecule has 1 amide bonds. The number of aryl methyl sites for hydroxylation is 1. The summed E-state index contributed by atoms with van der Waals surface area (Å²) in [6.07, 6.45) is 2.65. The molecule has 128 valence electrons. The number of hydrogen-bond acceptors (Lipinski definition) is 2. The maximum atomic E-state index is 13.5. The van der Waals surface area contributed by atoms with Gasteiger partial charge >= 0.3 is 0 Å². The molecule has 3 aromatic rings. The minimum Gasteiger partial charge on any atom is -0.361 e. The maximum absolute atomic E-state index is 13.5. The Hall–Kier alpha value is -3.07. The standard InChI is InChI=1S/C23H20N2O/c26-22-20-12-6-7-13-21(20)24-23(25(22)19-10-2-1-3-11-19)15-14-17-8-4-5-9-18(17)16-23/h1-13,24H,14-16H2/t23-/m0/s1. The van der Waals surface area contributed by atoms with Crippen LogP contribution < -0.4 is 10.2 Å². The normalized spacial score (nSPS) is 21.1. The molecular weight excluding hydrogens is 320 g/mol. The Balaban J connectivity index is 1.68. The van der Waals surface area contributed by atoms with E-state index in [0.717, 1.165) is 36.2 Å². The summed E-state index contributed by atoms with van der Waals surface area (Å²) >= 11 is 0. The van der Waals surface area contributed by atoms with Gasteiger partial charge in [-0.15, -0.1) is 0 Å². The Morgan fingerprint density at radius 2 is 1.50 bits per heavy atom. The molecule has 26 heavy (non-hydrogen) atoms. The van der Waals surface area contributed by atoms with Crippen LogP contribution in [0.3, 0.4) is 0 Å². The Morgan fingerprint density at radius 1 is 0.808 bits per heavy atom. The van der Waals surface area contributed by atoms with E-state index in [-0.39, 0.29) is 5.91 Å². The molecule has 0 fully saturated rings. The summed E-state index contributed by atoms with van der Waals surface area (Å²) in [6.45, 7) is 0. The highest BCUT2D eigenvalue weighted by atomic mass is 16.2. The van der Waals surface area contributed by atoms with E-state index >= 15 is 0 Å². The van der Waals surface area contributed by atoms with Crippen LogP contribution in [0.25, 0.3) is 0 Å². The first-order chi connectivity index (χ1) is 12.8. The van der Waals surface area contributed by atoms with Crippen LogP contribution in [-0.4, -0.2) is 11.6 Å². The number of fused-ring (bicyclic) bond motifs is 2. The molecule has 1 aliphatic heterocycles. The topological polar surface area (TPSA) is 32.3 Å². The van der Waals surface area contributed by atoms with E-state index in [2.05, 4.69) is 29.6 Å². The Kier molecular flexibility index (Phi) is 3.35. The van der Waals surface area contributed by atoms with E-state index in [1.54, 1.807) is 0 Å². The molecule has 0 saturated carbocycles. The molecule has 0 bridgehead atoms. The average Bonchev–Trinajstić information content (AvgIpc) is 2.69. The van der Waals surface area contributed by atoms with Gasteiger partial charge in [0.25, 0.3) is 5.91 Å². The number of benzene rings is 3. The van der Waals surface area contributed by atoms with Crippen molar-refractivity contribution in [2.45, 2.75) is 24.9 Å². The van der Waals surface area contributed by atoms with Gasteiger partial charge < -0.3 is 5.32 Å². The lowest BCUT2D eigenvalue weighted by Crippen LogP contribution is -2.63. The van der Waals surface area contributed by atoms with Gasteiger partial charge in [-0.05, 0) is 48.2 Å². The number of anilines is 2. The molecule has 1 spiro atoms. The Labute approximate surface area is 153 Å². The van der Waals surface area contributed by atoms with Crippen LogP contribution in [0.15, 0.2) is 78.9 Å². The van der Waals surface area contributed by atoms with E-state index in [9.17, 15) is 4.79 Å². The van der Waals surface area contributed by atoms with Crippen molar-refractivity contribution in [2.75, 3.05) is 10.2 Å². The van der Waals surface area contributed by atoms with Crippen molar-refractivity contribution < 1.29 is 4.79 Å². The first-order valence-corrected chi connectivity index (χ1v) is 9.10. The molecule has 3 nitrogen and oxygen atoms in total. The summed E-state index contributed by atoms with van der Waals surface area (Å²) in [5, 5.41) is 3.74. The number of carbonyl (C=O) groups is 1. The van der Waals surface area contributed by atoms with Gasteiger partial charge in [-0.2, -0.15) is 0 Å². The molecule has 1 atom stereocenters. The lowest BCUT2D eigenvalue weighted by atomic mass is 9.80. The molecule has 2 aliphatic rings. The molecule has 0 saturated heterocycles. The van der Waals surface area contributed by atoms with Crippen LogP contribution in [-0.2, 0) is 12.8 Å². The van der Waals surface area contributed by atoms with E-state index in [1.165, 1.54) is 11.1 Å². The quantitative estimate of drug-likeness (QED) is 0.700. The largest absolute Gasteiger partial charge is 0.361 e. The first-order valence-electron chi connectivity index (χ1n) is 9.10. The molecular formula is C23H20N2O. The van der Waals surface area contributed by atoms with Crippen LogP contribution >= 0.6 is 0 Å². The highest BCUT2D eigenvalue weighted by Gasteiger charge is 2.47. The molecule has 1 N–H and O–H groups in total. The monoisotopic (exact) mass is 340 g/mol. The molecule has 0 radical (unpaired) electrons. The van der Waals surface area contributed by atoms with Crippen molar-refractivity contribution in [3.05, 3.63) is 95.6 Å². The van der Waals surface area contributed by atoms with Crippen molar-refractivity contribution in [3.63, 3.8) is 0 Å². The zero-order valence-corrected chi connectivity index (χ0v) is 14.5. The molecule has 0 unspecified atom stereocenters. The van der Waals surface area contributed by atoms with E-state index in [1.807, 2.05) is 59.5 Å². The Bertz CT molecular complexity index is 982. The van der Waals surface area contributed by atoms with Crippen LogP contribution in [0.2, 0.25) is 0 Å². The molecule has 5 rings (SSSR count). The van der Waals surface area contributed by atoms with E-state index in [0.29, 0.717) is 0 Å². The summed E-state index contributed by atoms with van der Waals surface area (Å²) in [6, 6.07) is 26.4. The first kappa shape index (κ1) is 15.2. The minimum absolute atomic E-state index is 0.0740. The smallest absolute Gasteiger partial charge is 0.262 e. The van der Waals surface area contributed by atoms with Crippen LogP contribution in [0.4, 0.5) is 11.4 Å². The highest BCUT2D eigenvalue weighted by Crippen LogP contribution is 2.42. The third kappa shape index (κ3) is 2.24. The lowest BCUT2D eigenvalue weighted by molar-refractivity contribution is 0.0948. The lowest BCUT2D eigenvalue weighted by Gasteiger charge is -2.50. The van der Waals surface area contributed by atoms with Crippen molar-refractivity contribution in [1.29, 1.82) is 0 Å². The number of para-hydroxylation sites is 2. The van der Waals surface area contributed by atoms with Gasteiger partial charge in [0.1, 0.15) is 5.66 Å². The fraction of sp³-hybridized carbons (Fsp3) is 0.174. The highest BCUT2D eigenvalue weighted by molar-refractivity contribution is 6.12. The van der Waals surface area contributed by atoms with Crippen molar-refractivity contribution in [2.24, 2.45) is 0 Å². The average molecular weight is 340 g/mol. The maximum Gasteiger partial charge on any atom is 0.262 e. The van der Waals surface area contributed by atoms with Gasteiger partial charge in [-0.25, -0.2) is 0 Å². The van der Waals surface area contributed by atoms with Gasteiger partial charge in [-0.3, -0.25) is 9.69 Å². The van der Waals surface area contributed by atoms with Gasteiger partial charge in [0.2, 0.25) is 0 Å². The van der Waals surface area contributed by atoms with E-state index < -0.39 is 5.66 Å². The number of nitrogens with one attached hydrogen (secondary N) is 1. The molecule has 0 aromatic heterocycles. The van der Waals surface area contributed by atoms with E-state index in [4.69, 9.17) is 0 Å². The van der Waals surface area contributed by atoms with Crippen molar-refractivity contribution in [3.8, 4) is 0 Å². The summed E-state index contributed by atoms with van der Waals surface area (Å²) < 4.78 is 0.